The summed E-state index contributed by atoms with van der Waals surface area (Å²) < 4.78 is 29.8. The fourth-order valence-corrected chi connectivity index (χ4v) is 3.19. The second-order valence-corrected chi connectivity index (χ2v) is 7.53. The van der Waals surface area contributed by atoms with Gasteiger partial charge in [0, 0.05) is 26.2 Å². The van der Waals surface area contributed by atoms with Crippen molar-refractivity contribution >= 4 is 16.1 Å². The molecule has 2 rings (SSSR count). The molecule has 0 bridgehead atoms. The Morgan fingerprint density at radius 2 is 1.96 bits per heavy atom. The van der Waals surface area contributed by atoms with Crippen LogP contribution in [0.1, 0.15) is 5.56 Å². The number of sulfonamides is 1. The van der Waals surface area contributed by atoms with E-state index in [2.05, 4.69) is 5.32 Å². The van der Waals surface area contributed by atoms with Crippen LogP contribution in [-0.4, -0.2) is 69.2 Å². The zero-order chi connectivity index (χ0) is 16.9. The van der Waals surface area contributed by atoms with E-state index < -0.39 is 10.0 Å². The van der Waals surface area contributed by atoms with Crippen LogP contribution < -0.4 is 10.1 Å². The lowest BCUT2D eigenvalue weighted by atomic mass is 10.2. The number of carbonyl (C=O) groups excluding carboxylic acids is 1. The van der Waals surface area contributed by atoms with E-state index >= 15 is 0 Å². The van der Waals surface area contributed by atoms with Gasteiger partial charge in [0.05, 0.1) is 12.8 Å². The van der Waals surface area contributed by atoms with Crippen molar-refractivity contribution in [2.45, 2.75) is 6.92 Å². The van der Waals surface area contributed by atoms with Gasteiger partial charge >= 0.3 is 6.03 Å². The zero-order valence-electron chi connectivity index (χ0n) is 13.5. The van der Waals surface area contributed by atoms with Crippen LogP contribution in [0.4, 0.5) is 4.79 Å². The molecule has 0 aliphatic carbocycles. The molecule has 0 aromatic heterocycles. The number of piperazine rings is 1. The number of rotatable bonds is 5. The summed E-state index contributed by atoms with van der Waals surface area (Å²) in [5.74, 6) is 0.779. The molecular formula is C15H23N3O4S. The molecule has 1 heterocycles. The SMILES string of the molecule is Cc1cccc(OCCNC(=O)N2CCN(S(C)(=O)=O)CC2)c1. The molecule has 0 atom stereocenters. The third-order valence-corrected chi connectivity index (χ3v) is 4.93. The number of aryl methyl sites for hydroxylation is 1. The summed E-state index contributed by atoms with van der Waals surface area (Å²) in [7, 11) is -3.18. The Balaban J connectivity index is 1.68. The Labute approximate surface area is 137 Å². The predicted molar refractivity (Wildman–Crippen MR) is 88.1 cm³/mol. The van der Waals surface area contributed by atoms with Crippen molar-refractivity contribution in [2.75, 3.05) is 45.6 Å². The van der Waals surface area contributed by atoms with E-state index in [9.17, 15) is 13.2 Å². The number of hydrogen-bond acceptors (Lipinski definition) is 4. The molecule has 1 saturated heterocycles. The van der Waals surface area contributed by atoms with Crippen molar-refractivity contribution in [1.29, 1.82) is 0 Å². The first kappa shape index (κ1) is 17.6. The number of carbonyl (C=O) groups is 1. The monoisotopic (exact) mass is 341 g/mol. The summed E-state index contributed by atoms with van der Waals surface area (Å²) in [5, 5.41) is 2.78. The maximum Gasteiger partial charge on any atom is 0.317 e. The summed E-state index contributed by atoms with van der Waals surface area (Å²) in [6, 6.07) is 7.53. The van der Waals surface area contributed by atoms with Gasteiger partial charge in [0.15, 0.2) is 0 Å². The molecule has 7 nitrogen and oxygen atoms in total. The number of amides is 2. The van der Waals surface area contributed by atoms with Crippen LogP contribution in [0.25, 0.3) is 0 Å². The van der Waals surface area contributed by atoms with E-state index in [0.29, 0.717) is 39.3 Å². The zero-order valence-corrected chi connectivity index (χ0v) is 14.3. The van der Waals surface area contributed by atoms with Crippen LogP contribution in [0, 0.1) is 6.92 Å². The summed E-state index contributed by atoms with van der Waals surface area (Å²) in [5.41, 5.74) is 1.12. The van der Waals surface area contributed by atoms with Gasteiger partial charge in [0.2, 0.25) is 10.0 Å². The summed E-state index contributed by atoms with van der Waals surface area (Å²) >= 11 is 0. The minimum atomic E-state index is -3.18. The minimum Gasteiger partial charge on any atom is -0.492 e. The van der Waals surface area contributed by atoms with Gasteiger partial charge in [-0.15, -0.1) is 0 Å². The van der Waals surface area contributed by atoms with Crippen LogP contribution in [0.3, 0.4) is 0 Å². The van der Waals surface area contributed by atoms with Crippen LogP contribution in [0.5, 0.6) is 5.75 Å². The van der Waals surface area contributed by atoms with E-state index in [4.69, 9.17) is 4.74 Å². The fourth-order valence-electron chi connectivity index (χ4n) is 2.37. The van der Waals surface area contributed by atoms with Gasteiger partial charge in [-0.25, -0.2) is 13.2 Å². The Hall–Kier alpha value is -1.80. The normalized spacial score (nSPS) is 16.2. The predicted octanol–water partition coefficient (Wildman–Crippen LogP) is 0.661. The second-order valence-electron chi connectivity index (χ2n) is 5.55. The van der Waals surface area contributed by atoms with Crippen molar-refractivity contribution in [3.63, 3.8) is 0 Å². The van der Waals surface area contributed by atoms with Crippen molar-refractivity contribution in [2.24, 2.45) is 0 Å². The van der Waals surface area contributed by atoms with Crippen molar-refractivity contribution < 1.29 is 17.9 Å². The highest BCUT2D eigenvalue weighted by Crippen LogP contribution is 2.11. The number of nitrogens with one attached hydrogen (secondary N) is 1. The average Bonchev–Trinajstić information content (AvgIpc) is 2.51. The summed E-state index contributed by atoms with van der Waals surface area (Å²) in [6.45, 7) is 4.26. The molecule has 1 aromatic carbocycles. The molecular weight excluding hydrogens is 318 g/mol. The van der Waals surface area contributed by atoms with Crippen LogP contribution in [0.2, 0.25) is 0 Å². The lowest BCUT2D eigenvalue weighted by molar-refractivity contribution is 0.170. The fraction of sp³-hybridized carbons (Fsp3) is 0.533. The van der Waals surface area contributed by atoms with E-state index in [1.54, 1.807) is 4.90 Å². The quantitative estimate of drug-likeness (QED) is 0.798. The summed E-state index contributed by atoms with van der Waals surface area (Å²) in [6.07, 6.45) is 1.19. The van der Waals surface area contributed by atoms with Crippen LogP contribution in [-0.2, 0) is 10.0 Å². The topological polar surface area (TPSA) is 79.0 Å². The lowest BCUT2D eigenvalue weighted by Gasteiger charge is -2.33. The Morgan fingerprint density at radius 1 is 1.26 bits per heavy atom. The highest BCUT2D eigenvalue weighted by molar-refractivity contribution is 7.88. The van der Waals surface area contributed by atoms with Crippen molar-refractivity contribution in [1.82, 2.24) is 14.5 Å². The van der Waals surface area contributed by atoms with E-state index in [1.165, 1.54) is 10.6 Å². The molecule has 1 aliphatic rings. The van der Waals surface area contributed by atoms with E-state index in [-0.39, 0.29) is 6.03 Å². The molecule has 0 unspecified atom stereocenters. The van der Waals surface area contributed by atoms with Crippen molar-refractivity contribution in [3.8, 4) is 5.75 Å². The number of ether oxygens (including phenoxy) is 1. The molecule has 1 aliphatic heterocycles. The van der Waals surface area contributed by atoms with E-state index in [1.807, 2.05) is 31.2 Å². The third-order valence-electron chi connectivity index (χ3n) is 3.63. The molecule has 23 heavy (non-hydrogen) atoms. The first-order valence-corrected chi connectivity index (χ1v) is 9.38. The molecule has 1 fully saturated rings. The number of hydrogen-bond donors (Lipinski definition) is 1. The number of urea groups is 1. The first-order chi connectivity index (χ1) is 10.9. The van der Waals surface area contributed by atoms with Gasteiger partial charge in [0.25, 0.3) is 0 Å². The molecule has 128 valence electrons. The first-order valence-electron chi connectivity index (χ1n) is 7.53. The van der Waals surface area contributed by atoms with Crippen LogP contribution in [0.15, 0.2) is 24.3 Å². The molecule has 0 spiro atoms. The second kappa shape index (κ2) is 7.65. The van der Waals surface area contributed by atoms with Gasteiger partial charge < -0.3 is 15.0 Å². The van der Waals surface area contributed by atoms with Gasteiger partial charge in [-0.2, -0.15) is 4.31 Å². The number of nitrogens with zero attached hydrogens (tertiary/aromatic N) is 2. The highest BCUT2D eigenvalue weighted by atomic mass is 32.2. The molecule has 1 N–H and O–H groups in total. The van der Waals surface area contributed by atoms with Crippen LogP contribution >= 0.6 is 0 Å². The van der Waals surface area contributed by atoms with Gasteiger partial charge in [-0.05, 0) is 24.6 Å². The highest BCUT2D eigenvalue weighted by Gasteiger charge is 2.25. The molecule has 0 saturated carbocycles. The van der Waals surface area contributed by atoms with Gasteiger partial charge in [-0.3, -0.25) is 0 Å². The molecule has 0 radical (unpaired) electrons. The van der Waals surface area contributed by atoms with E-state index in [0.717, 1.165) is 11.3 Å². The smallest absolute Gasteiger partial charge is 0.317 e. The lowest BCUT2D eigenvalue weighted by Crippen LogP contribution is -2.53. The standard InChI is InChI=1S/C15H23N3O4S/c1-13-4-3-5-14(12-13)22-11-6-16-15(19)17-7-9-18(10-8-17)23(2,20)21/h3-5,12H,6-11H2,1-2H3,(H,16,19). The molecule has 8 heteroatoms. The van der Waals surface area contributed by atoms with Crippen molar-refractivity contribution in [3.05, 3.63) is 29.8 Å². The summed E-state index contributed by atoms with van der Waals surface area (Å²) in [4.78, 5) is 13.6. The Kier molecular flexibility index (Phi) is 5.84. The Bertz CT molecular complexity index is 640. The number of benzene rings is 1. The largest absolute Gasteiger partial charge is 0.492 e. The van der Waals surface area contributed by atoms with Gasteiger partial charge in [-0.1, -0.05) is 12.1 Å². The average molecular weight is 341 g/mol. The third kappa shape index (κ3) is 5.40. The maximum absolute atomic E-state index is 12.0. The Morgan fingerprint density at radius 3 is 2.57 bits per heavy atom. The molecule has 2 amide bonds. The minimum absolute atomic E-state index is 0.189. The van der Waals surface area contributed by atoms with Gasteiger partial charge in [0.1, 0.15) is 12.4 Å². The molecule has 1 aromatic rings. The maximum atomic E-state index is 12.0.